The Kier molecular flexibility index (Phi) is 5.65. The van der Waals surface area contributed by atoms with Crippen molar-refractivity contribution >= 4 is 17.5 Å². The molecule has 5 nitrogen and oxygen atoms in total. The van der Waals surface area contributed by atoms with Crippen molar-refractivity contribution in [1.82, 2.24) is 4.90 Å². The average Bonchev–Trinajstić information content (AvgIpc) is 2.60. The fourth-order valence-corrected chi connectivity index (χ4v) is 2.90. The molecule has 140 valence electrons. The van der Waals surface area contributed by atoms with E-state index in [1.165, 1.54) is 0 Å². The van der Waals surface area contributed by atoms with Crippen LogP contribution in [-0.4, -0.2) is 54.9 Å². The van der Waals surface area contributed by atoms with Crippen molar-refractivity contribution < 1.29 is 32.3 Å². The lowest BCUT2D eigenvalue weighted by Crippen LogP contribution is -2.65. The molecule has 0 amide bonds. The molecule has 1 atom stereocenters. The number of methoxy groups -OCH3 is 1. The second kappa shape index (κ2) is 7.41. The molecule has 0 radical (unpaired) electrons. The minimum Gasteiger partial charge on any atom is -0.467 e. The second-order valence-corrected chi connectivity index (χ2v) is 5.99. The lowest BCUT2D eigenvalue weighted by Gasteiger charge is -2.41. The molecule has 26 heavy (non-hydrogen) atoms. The molecule has 0 aromatic heterocycles. The predicted octanol–water partition coefficient (Wildman–Crippen LogP) is 2.56. The van der Waals surface area contributed by atoms with Gasteiger partial charge in [-0.05, 0) is 25.1 Å². The maximum absolute atomic E-state index is 13.7. The van der Waals surface area contributed by atoms with Gasteiger partial charge in [-0.15, -0.1) is 0 Å². The van der Waals surface area contributed by atoms with E-state index in [4.69, 9.17) is 0 Å². The fourth-order valence-electron chi connectivity index (χ4n) is 2.90. The van der Waals surface area contributed by atoms with Crippen LogP contribution in [0.5, 0.6) is 0 Å². The Morgan fingerprint density at radius 2 is 1.85 bits per heavy atom. The van der Waals surface area contributed by atoms with Crippen molar-refractivity contribution in [2.24, 2.45) is 0 Å². The van der Waals surface area contributed by atoms with Crippen molar-refractivity contribution in [1.29, 1.82) is 0 Å². The van der Waals surface area contributed by atoms with Crippen molar-refractivity contribution in [3.8, 4) is 0 Å². The Balaban J connectivity index is 2.32. The number of carbonyl (C=O) groups is 3. The number of hydrogen-bond donors (Lipinski definition) is 0. The lowest BCUT2D eigenvalue weighted by molar-refractivity contribution is -0.223. The molecule has 2 rings (SSSR count). The minimum atomic E-state index is -4.98. The SMILES string of the molecule is COC(=O)C1(C(F)(F)F)C=C(CCC(=O)c2ccccc2)C(=O)CN1C. The van der Waals surface area contributed by atoms with Gasteiger partial charge in [0.1, 0.15) is 0 Å². The number of benzene rings is 1. The van der Waals surface area contributed by atoms with Crippen LogP contribution in [0.25, 0.3) is 0 Å². The summed E-state index contributed by atoms with van der Waals surface area (Å²) in [4.78, 5) is 36.8. The van der Waals surface area contributed by atoms with Crippen LogP contribution in [0.2, 0.25) is 0 Å². The van der Waals surface area contributed by atoms with Crippen LogP contribution in [0.1, 0.15) is 23.2 Å². The van der Waals surface area contributed by atoms with Crippen molar-refractivity contribution in [3.05, 3.63) is 47.5 Å². The summed E-state index contributed by atoms with van der Waals surface area (Å²) < 4.78 is 45.4. The first kappa shape index (κ1) is 19.8. The molecule has 1 aliphatic rings. The molecule has 0 fully saturated rings. The molecule has 8 heteroatoms. The second-order valence-electron chi connectivity index (χ2n) is 5.99. The fraction of sp³-hybridized carbons (Fsp3) is 0.389. The maximum atomic E-state index is 13.7. The monoisotopic (exact) mass is 369 g/mol. The number of carbonyl (C=O) groups excluding carboxylic acids is 3. The average molecular weight is 369 g/mol. The van der Waals surface area contributed by atoms with E-state index < -0.39 is 30.0 Å². The molecule has 1 aromatic carbocycles. The Labute approximate surface area is 148 Å². The van der Waals surface area contributed by atoms with E-state index in [1.54, 1.807) is 30.3 Å². The Morgan fingerprint density at radius 1 is 1.23 bits per heavy atom. The third-order valence-corrected chi connectivity index (χ3v) is 4.37. The molecule has 1 aliphatic heterocycles. The number of halogens is 3. The van der Waals surface area contributed by atoms with E-state index in [-0.39, 0.29) is 24.2 Å². The van der Waals surface area contributed by atoms with Gasteiger partial charge in [0.15, 0.2) is 11.6 Å². The first-order valence-corrected chi connectivity index (χ1v) is 7.83. The summed E-state index contributed by atoms with van der Waals surface area (Å²) in [7, 11) is 1.89. The van der Waals surface area contributed by atoms with Gasteiger partial charge in [-0.3, -0.25) is 14.5 Å². The van der Waals surface area contributed by atoms with E-state index in [0.717, 1.165) is 14.2 Å². The molecular formula is C18H18F3NO4. The number of nitrogens with zero attached hydrogens (tertiary/aromatic N) is 1. The highest BCUT2D eigenvalue weighted by Gasteiger charge is 2.64. The zero-order valence-electron chi connectivity index (χ0n) is 14.3. The Morgan fingerprint density at radius 3 is 2.38 bits per heavy atom. The zero-order chi connectivity index (χ0) is 19.5. The molecule has 0 spiro atoms. The summed E-state index contributed by atoms with van der Waals surface area (Å²) in [6.07, 6.45) is -4.72. The number of esters is 1. The number of hydrogen-bond acceptors (Lipinski definition) is 5. The van der Waals surface area contributed by atoms with Gasteiger partial charge in [0.2, 0.25) is 5.54 Å². The molecule has 0 aliphatic carbocycles. The number of ether oxygens (including phenoxy) is 1. The highest BCUT2D eigenvalue weighted by Crippen LogP contribution is 2.40. The third-order valence-electron chi connectivity index (χ3n) is 4.37. The van der Waals surface area contributed by atoms with Crippen LogP contribution in [0.15, 0.2) is 42.0 Å². The van der Waals surface area contributed by atoms with Crippen LogP contribution in [0, 0.1) is 0 Å². The van der Waals surface area contributed by atoms with Gasteiger partial charge in [0.05, 0.1) is 13.7 Å². The van der Waals surface area contributed by atoms with E-state index in [2.05, 4.69) is 4.74 Å². The third kappa shape index (κ3) is 3.55. The standard InChI is InChI=1S/C18H18F3NO4/c1-22-11-15(24)13(8-9-14(23)12-6-4-3-5-7-12)10-17(22,16(25)26-2)18(19,20)21/h3-7,10H,8-9,11H2,1-2H3. The van der Waals surface area contributed by atoms with E-state index in [0.29, 0.717) is 16.5 Å². The van der Waals surface area contributed by atoms with Crippen LogP contribution in [0.3, 0.4) is 0 Å². The quantitative estimate of drug-likeness (QED) is 0.590. The Hall–Kier alpha value is -2.48. The first-order chi connectivity index (χ1) is 12.1. The van der Waals surface area contributed by atoms with Gasteiger partial charge in [-0.25, -0.2) is 4.79 Å². The molecule has 1 unspecified atom stereocenters. The lowest BCUT2D eigenvalue weighted by atomic mass is 9.85. The summed E-state index contributed by atoms with van der Waals surface area (Å²) in [6, 6.07) is 8.23. The number of likely N-dealkylation sites (N-methyl/N-ethyl adjacent to an activating group) is 1. The number of ketones is 2. The number of rotatable bonds is 5. The van der Waals surface area contributed by atoms with Crippen LogP contribution < -0.4 is 0 Å². The van der Waals surface area contributed by atoms with Crippen LogP contribution in [0.4, 0.5) is 13.2 Å². The van der Waals surface area contributed by atoms with Crippen LogP contribution >= 0.6 is 0 Å². The smallest absolute Gasteiger partial charge is 0.421 e. The molecule has 0 saturated heterocycles. The van der Waals surface area contributed by atoms with Gasteiger partial charge in [-0.1, -0.05) is 30.3 Å². The van der Waals surface area contributed by atoms with Crippen molar-refractivity contribution in [2.45, 2.75) is 24.6 Å². The largest absolute Gasteiger partial charge is 0.467 e. The maximum Gasteiger partial charge on any atom is 0.421 e. The zero-order valence-corrected chi connectivity index (χ0v) is 14.3. The van der Waals surface area contributed by atoms with Crippen molar-refractivity contribution in [2.75, 3.05) is 20.7 Å². The summed E-state index contributed by atoms with van der Waals surface area (Å²) in [5.41, 5.74) is -2.83. The van der Waals surface area contributed by atoms with Gasteiger partial charge in [0, 0.05) is 12.0 Å². The van der Waals surface area contributed by atoms with Gasteiger partial charge in [-0.2, -0.15) is 13.2 Å². The molecule has 0 saturated carbocycles. The number of Topliss-reactive ketones (excluding diaryl/α,β-unsaturated/α-hetero) is 2. The first-order valence-electron chi connectivity index (χ1n) is 7.83. The molecule has 0 bridgehead atoms. The predicted molar refractivity (Wildman–Crippen MR) is 86.5 cm³/mol. The van der Waals surface area contributed by atoms with Gasteiger partial charge >= 0.3 is 12.1 Å². The summed E-state index contributed by atoms with van der Waals surface area (Å²) in [6.45, 7) is -0.597. The normalized spacial score (nSPS) is 21.3. The van der Waals surface area contributed by atoms with Crippen LogP contribution in [-0.2, 0) is 14.3 Å². The molecular weight excluding hydrogens is 351 g/mol. The van der Waals surface area contributed by atoms with Crippen molar-refractivity contribution in [3.63, 3.8) is 0 Å². The highest BCUT2D eigenvalue weighted by atomic mass is 19.4. The van der Waals surface area contributed by atoms with Gasteiger partial charge in [0.25, 0.3) is 0 Å². The topological polar surface area (TPSA) is 63.7 Å². The summed E-state index contributed by atoms with van der Waals surface area (Å²) in [5, 5.41) is 0. The summed E-state index contributed by atoms with van der Waals surface area (Å²) >= 11 is 0. The molecule has 0 N–H and O–H groups in total. The van der Waals surface area contributed by atoms with Gasteiger partial charge < -0.3 is 4.74 Å². The molecule has 1 aromatic rings. The minimum absolute atomic E-state index is 0.138. The summed E-state index contributed by atoms with van der Waals surface area (Å²) in [5.74, 6) is -2.38. The highest BCUT2D eigenvalue weighted by molar-refractivity contribution is 6.02. The molecule has 1 heterocycles. The number of alkyl halides is 3. The Bertz CT molecular complexity index is 743. The van der Waals surface area contributed by atoms with E-state index in [9.17, 15) is 27.6 Å². The van der Waals surface area contributed by atoms with E-state index >= 15 is 0 Å². The van der Waals surface area contributed by atoms with E-state index in [1.807, 2.05) is 0 Å².